The van der Waals surface area contributed by atoms with Gasteiger partial charge in [-0.3, -0.25) is 8.87 Å². The normalized spacial score (nSPS) is 13.1. The van der Waals surface area contributed by atoms with Crippen molar-refractivity contribution in [1.82, 2.24) is 19.5 Å². The lowest BCUT2D eigenvalue weighted by Gasteiger charge is -2.37. The molecule has 0 amide bonds. The number of imidazole rings is 1. The Bertz CT molecular complexity index is 1500. The van der Waals surface area contributed by atoms with Gasteiger partial charge in [0, 0.05) is 22.4 Å². The minimum atomic E-state index is -4.42. The van der Waals surface area contributed by atoms with Crippen LogP contribution in [0.25, 0.3) is 17.0 Å². The van der Waals surface area contributed by atoms with Crippen LogP contribution in [0.3, 0.4) is 0 Å². The van der Waals surface area contributed by atoms with E-state index in [0.29, 0.717) is 17.0 Å². The van der Waals surface area contributed by atoms with E-state index >= 15 is 0 Å². The van der Waals surface area contributed by atoms with Crippen LogP contribution in [0.2, 0.25) is 10.0 Å². The molecule has 4 rings (SSSR count). The molecule has 4 aromatic rings. The van der Waals surface area contributed by atoms with Crippen molar-refractivity contribution in [3.05, 3.63) is 71.2 Å². The Morgan fingerprint density at radius 3 is 2.23 bits per heavy atom. The largest absolute Gasteiger partial charge is 0.480 e. The van der Waals surface area contributed by atoms with E-state index in [1.165, 1.54) is 36.7 Å². The van der Waals surface area contributed by atoms with Crippen molar-refractivity contribution >= 4 is 55.9 Å². The molecule has 0 radical (unpaired) electrons. The lowest BCUT2D eigenvalue weighted by molar-refractivity contribution is -0.140. The fourth-order valence-corrected chi connectivity index (χ4v) is 6.26. The number of carboxylic acid groups (broad SMARTS) is 1. The Morgan fingerprint density at radius 2 is 1.66 bits per heavy atom. The zero-order valence-electron chi connectivity index (χ0n) is 18.9. The number of aliphatic carboxylic acids is 1. The molecule has 1 N–H and O–H groups in total. The first-order valence-electron chi connectivity index (χ1n) is 10.4. The molecule has 0 aliphatic rings. The van der Waals surface area contributed by atoms with E-state index < -0.39 is 27.4 Å². The molecule has 2 aromatic carbocycles. The Morgan fingerprint density at radius 1 is 1.03 bits per heavy atom. The number of carboxylic acids is 1. The lowest BCUT2D eigenvalue weighted by Crippen LogP contribution is -2.52. The van der Waals surface area contributed by atoms with Crippen LogP contribution in [0.1, 0.15) is 20.8 Å². The number of sulfonamides is 1. The van der Waals surface area contributed by atoms with Gasteiger partial charge in [0.2, 0.25) is 5.95 Å². The molecule has 182 valence electrons. The average Bonchev–Trinajstić information content (AvgIpc) is 3.19. The van der Waals surface area contributed by atoms with Crippen molar-refractivity contribution in [3.8, 4) is 5.95 Å². The van der Waals surface area contributed by atoms with Crippen molar-refractivity contribution in [3.63, 3.8) is 0 Å². The Labute approximate surface area is 212 Å². The molecule has 0 spiro atoms. The van der Waals surface area contributed by atoms with E-state index in [9.17, 15) is 18.3 Å². The first-order valence-corrected chi connectivity index (χ1v) is 12.6. The van der Waals surface area contributed by atoms with Crippen molar-refractivity contribution in [1.29, 1.82) is 0 Å². The van der Waals surface area contributed by atoms with Gasteiger partial charge in [-0.2, -0.15) is 0 Å². The molecular weight excluding hydrogens is 513 g/mol. The summed E-state index contributed by atoms with van der Waals surface area (Å²) in [6, 6.07) is 8.77. The van der Waals surface area contributed by atoms with Gasteiger partial charge in [0.15, 0.2) is 0 Å². The van der Waals surface area contributed by atoms with E-state index in [1.54, 1.807) is 49.9 Å². The Balaban J connectivity index is 1.94. The van der Waals surface area contributed by atoms with Gasteiger partial charge in [0.05, 0.1) is 21.6 Å². The molecule has 9 nitrogen and oxygen atoms in total. The summed E-state index contributed by atoms with van der Waals surface area (Å²) in [6.45, 7) is 4.96. The quantitative estimate of drug-likeness (QED) is 0.377. The predicted octanol–water partition coefficient (Wildman–Crippen LogP) is 4.82. The first kappa shape index (κ1) is 24.9. The summed E-state index contributed by atoms with van der Waals surface area (Å²) in [4.78, 5) is 25.0. The fraction of sp³-hybridized carbons (Fsp3) is 0.217. The molecular formula is C23H21Cl2N5O4S. The van der Waals surface area contributed by atoms with Gasteiger partial charge in [-0.1, -0.05) is 44.0 Å². The standard InChI is InChI=1S/C23H21Cl2N5O4S/c1-23(2,3)20(21(31)32)30(35(33,34)17-10-14(24)9-15(25)11-17)16-5-6-19-18(12-16)28-13-29(19)22-26-7-4-8-27-22/h4-13,20H,1-3H3,(H,31,32). The average molecular weight is 534 g/mol. The monoisotopic (exact) mass is 533 g/mol. The first-order chi connectivity index (χ1) is 16.4. The van der Waals surface area contributed by atoms with Crippen molar-refractivity contribution in [2.75, 3.05) is 4.31 Å². The van der Waals surface area contributed by atoms with Crippen LogP contribution in [0.15, 0.2) is 66.1 Å². The molecule has 0 aliphatic carbocycles. The van der Waals surface area contributed by atoms with Crippen LogP contribution in [0, 0.1) is 5.41 Å². The van der Waals surface area contributed by atoms with E-state index in [2.05, 4.69) is 15.0 Å². The topological polar surface area (TPSA) is 118 Å². The van der Waals surface area contributed by atoms with E-state index in [-0.39, 0.29) is 20.6 Å². The zero-order valence-corrected chi connectivity index (χ0v) is 21.3. The molecule has 0 saturated carbocycles. The smallest absolute Gasteiger partial charge is 0.328 e. The highest BCUT2D eigenvalue weighted by atomic mass is 35.5. The second-order valence-corrected chi connectivity index (χ2v) is 11.5. The Hall–Kier alpha value is -3.21. The van der Waals surface area contributed by atoms with E-state index in [1.807, 2.05) is 0 Å². The molecule has 2 heterocycles. The third kappa shape index (κ3) is 4.82. The molecule has 0 aliphatic heterocycles. The predicted molar refractivity (Wildman–Crippen MR) is 134 cm³/mol. The fourth-order valence-electron chi connectivity index (χ4n) is 3.75. The number of anilines is 1. The van der Waals surface area contributed by atoms with Crippen LogP contribution >= 0.6 is 23.2 Å². The number of benzene rings is 2. The lowest BCUT2D eigenvalue weighted by atomic mass is 9.86. The van der Waals surface area contributed by atoms with Crippen LogP contribution in [-0.2, 0) is 14.8 Å². The van der Waals surface area contributed by atoms with Crippen molar-refractivity contribution < 1.29 is 18.3 Å². The number of fused-ring (bicyclic) bond motifs is 1. The number of hydrogen-bond donors (Lipinski definition) is 1. The van der Waals surface area contributed by atoms with Gasteiger partial charge in [0.25, 0.3) is 10.0 Å². The maximum Gasteiger partial charge on any atom is 0.328 e. The van der Waals surface area contributed by atoms with E-state index in [4.69, 9.17) is 23.2 Å². The summed E-state index contributed by atoms with van der Waals surface area (Å²) >= 11 is 12.1. The summed E-state index contributed by atoms with van der Waals surface area (Å²) < 4.78 is 30.3. The van der Waals surface area contributed by atoms with Gasteiger partial charge >= 0.3 is 5.97 Å². The number of nitrogens with zero attached hydrogens (tertiary/aromatic N) is 5. The Kier molecular flexibility index (Phi) is 6.48. The highest BCUT2D eigenvalue weighted by molar-refractivity contribution is 7.93. The van der Waals surface area contributed by atoms with Crippen LogP contribution in [-0.4, -0.2) is 45.1 Å². The molecule has 0 bridgehead atoms. The van der Waals surface area contributed by atoms with Gasteiger partial charge in [0.1, 0.15) is 12.4 Å². The van der Waals surface area contributed by atoms with Crippen molar-refractivity contribution in [2.45, 2.75) is 31.7 Å². The number of hydrogen-bond acceptors (Lipinski definition) is 6. The van der Waals surface area contributed by atoms with Crippen LogP contribution in [0.5, 0.6) is 0 Å². The summed E-state index contributed by atoms with van der Waals surface area (Å²) in [5.74, 6) is -0.920. The second-order valence-electron chi connectivity index (χ2n) is 8.85. The SMILES string of the molecule is CC(C)(C)C(C(=O)O)N(c1ccc2c(c1)ncn2-c1ncccn1)S(=O)(=O)c1cc(Cl)cc(Cl)c1. The number of rotatable bonds is 6. The maximum atomic E-state index is 13.9. The van der Waals surface area contributed by atoms with E-state index in [0.717, 1.165) is 4.31 Å². The maximum absolute atomic E-state index is 13.9. The minimum Gasteiger partial charge on any atom is -0.480 e. The highest BCUT2D eigenvalue weighted by Crippen LogP contribution is 2.36. The minimum absolute atomic E-state index is 0.107. The summed E-state index contributed by atoms with van der Waals surface area (Å²) in [6.07, 6.45) is 4.69. The van der Waals surface area contributed by atoms with Gasteiger partial charge in [-0.05, 0) is 47.9 Å². The third-order valence-corrected chi connectivity index (χ3v) is 7.44. The van der Waals surface area contributed by atoms with Crippen LogP contribution < -0.4 is 4.31 Å². The second kappa shape index (κ2) is 9.10. The summed E-state index contributed by atoms with van der Waals surface area (Å²) in [7, 11) is -4.42. The number of carbonyl (C=O) groups is 1. The molecule has 0 saturated heterocycles. The molecule has 0 fully saturated rings. The summed E-state index contributed by atoms with van der Waals surface area (Å²) in [5.41, 5.74) is 0.186. The molecule has 12 heteroatoms. The number of aromatic nitrogens is 4. The van der Waals surface area contributed by atoms with Gasteiger partial charge in [-0.15, -0.1) is 0 Å². The zero-order chi connectivity index (χ0) is 25.5. The van der Waals surface area contributed by atoms with Crippen LogP contribution in [0.4, 0.5) is 5.69 Å². The molecule has 35 heavy (non-hydrogen) atoms. The number of halogens is 2. The highest BCUT2D eigenvalue weighted by Gasteiger charge is 2.43. The third-order valence-electron chi connectivity index (χ3n) is 5.23. The summed E-state index contributed by atoms with van der Waals surface area (Å²) in [5, 5.41) is 10.3. The van der Waals surface area contributed by atoms with Gasteiger partial charge in [-0.25, -0.2) is 28.2 Å². The molecule has 1 atom stereocenters. The molecule has 1 unspecified atom stereocenters. The van der Waals surface area contributed by atoms with Gasteiger partial charge < -0.3 is 5.11 Å². The molecule has 2 aromatic heterocycles. The van der Waals surface area contributed by atoms with Crippen molar-refractivity contribution in [2.24, 2.45) is 5.41 Å².